The Balaban J connectivity index is 1.48. The maximum atomic E-state index is 12.8. The normalized spacial score (nSPS) is 15.0. The van der Waals surface area contributed by atoms with Gasteiger partial charge in [-0.15, -0.1) is 0 Å². The van der Waals surface area contributed by atoms with Crippen molar-refractivity contribution in [2.24, 2.45) is 0 Å². The van der Waals surface area contributed by atoms with Gasteiger partial charge in [-0.3, -0.25) is 4.79 Å². The fraction of sp³-hybridized carbons (Fsp3) is 0.250. The zero-order valence-corrected chi connectivity index (χ0v) is 14.9. The molecule has 1 fully saturated rings. The predicted octanol–water partition coefficient (Wildman–Crippen LogP) is 4.09. The minimum Gasteiger partial charge on any atom is -0.367 e. The van der Waals surface area contributed by atoms with E-state index in [-0.39, 0.29) is 5.91 Å². The number of fused-ring (bicyclic) bond motifs is 1. The minimum atomic E-state index is 0.0626. The quantitative estimate of drug-likeness (QED) is 0.753. The number of H-pyrrole nitrogens is 1. The molecule has 3 aromatic rings. The first-order chi connectivity index (χ1) is 12.1. The fourth-order valence-electron chi connectivity index (χ4n) is 3.39. The maximum absolute atomic E-state index is 12.8. The third-order valence-corrected chi connectivity index (χ3v) is 5.09. The molecule has 25 heavy (non-hydrogen) atoms. The Bertz CT molecular complexity index is 926. The summed E-state index contributed by atoms with van der Waals surface area (Å²) in [5.41, 5.74) is 3.89. The highest BCUT2D eigenvalue weighted by molar-refractivity contribution is 6.33. The highest BCUT2D eigenvalue weighted by Crippen LogP contribution is 2.26. The van der Waals surface area contributed by atoms with Gasteiger partial charge in [-0.25, -0.2) is 0 Å². The minimum absolute atomic E-state index is 0.0626. The molecule has 1 aliphatic heterocycles. The van der Waals surface area contributed by atoms with Crippen molar-refractivity contribution in [3.05, 3.63) is 64.8 Å². The number of halogens is 1. The number of hydrogen-bond donors (Lipinski definition) is 1. The van der Waals surface area contributed by atoms with E-state index in [1.807, 2.05) is 41.3 Å². The van der Waals surface area contributed by atoms with Gasteiger partial charge in [0.15, 0.2) is 0 Å². The van der Waals surface area contributed by atoms with Crippen LogP contribution in [0.25, 0.3) is 10.9 Å². The summed E-state index contributed by atoms with van der Waals surface area (Å²) in [6.45, 7) is 5.01. The van der Waals surface area contributed by atoms with E-state index in [2.05, 4.69) is 28.9 Å². The van der Waals surface area contributed by atoms with Crippen LogP contribution >= 0.6 is 11.6 Å². The van der Waals surface area contributed by atoms with Gasteiger partial charge >= 0.3 is 0 Å². The van der Waals surface area contributed by atoms with Gasteiger partial charge in [-0.1, -0.05) is 35.9 Å². The van der Waals surface area contributed by atoms with E-state index >= 15 is 0 Å². The summed E-state index contributed by atoms with van der Waals surface area (Å²) in [7, 11) is 0. The molecule has 128 valence electrons. The molecule has 5 heteroatoms. The summed E-state index contributed by atoms with van der Waals surface area (Å²) < 4.78 is 0. The van der Waals surface area contributed by atoms with E-state index in [0.29, 0.717) is 18.8 Å². The number of amides is 1. The number of piperazine rings is 1. The number of nitrogens with one attached hydrogen (secondary N) is 1. The van der Waals surface area contributed by atoms with Crippen molar-refractivity contribution >= 4 is 34.1 Å². The van der Waals surface area contributed by atoms with Crippen molar-refractivity contribution in [1.29, 1.82) is 0 Å². The molecule has 0 unspecified atom stereocenters. The molecule has 0 spiro atoms. The number of nitrogens with zero attached hydrogens (tertiary/aromatic N) is 2. The Kier molecular flexibility index (Phi) is 4.14. The summed E-state index contributed by atoms with van der Waals surface area (Å²) >= 11 is 6.28. The van der Waals surface area contributed by atoms with Crippen molar-refractivity contribution in [3.63, 3.8) is 0 Å². The number of anilines is 1. The average molecular weight is 354 g/mol. The highest BCUT2D eigenvalue weighted by Gasteiger charge is 2.24. The van der Waals surface area contributed by atoms with Crippen molar-refractivity contribution in [2.75, 3.05) is 31.1 Å². The van der Waals surface area contributed by atoms with Gasteiger partial charge in [-0.2, -0.15) is 0 Å². The number of carbonyl (C=O) groups is 1. The van der Waals surface area contributed by atoms with Crippen LogP contribution < -0.4 is 4.90 Å². The maximum Gasteiger partial charge on any atom is 0.270 e. The predicted molar refractivity (Wildman–Crippen MR) is 103 cm³/mol. The van der Waals surface area contributed by atoms with Gasteiger partial charge in [0.25, 0.3) is 5.91 Å². The van der Waals surface area contributed by atoms with E-state index in [4.69, 9.17) is 11.6 Å². The zero-order valence-electron chi connectivity index (χ0n) is 14.1. The zero-order chi connectivity index (χ0) is 17.4. The van der Waals surface area contributed by atoms with E-state index in [0.717, 1.165) is 34.7 Å². The number of aromatic amines is 1. The molecule has 1 amide bonds. The van der Waals surface area contributed by atoms with Gasteiger partial charge < -0.3 is 14.8 Å². The third-order valence-electron chi connectivity index (χ3n) is 4.77. The van der Waals surface area contributed by atoms with E-state index in [1.54, 1.807) is 0 Å². The summed E-state index contributed by atoms with van der Waals surface area (Å²) in [6.07, 6.45) is 0. The van der Waals surface area contributed by atoms with Crippen molar-refractivity contribution in [3.8, 4) is 0 Å². The largest absolute Gasteiger partial charge is 0.367 e. The van der Waals surface area contributed by atoms with E-state index in [9.17, 15) is 4.79 Å². The molecule has 1 saturated heterocycles. The van der Waals surface area contributed by atoms with Crippen molar-refractivity contribution in [2.45, 2.75) is 6.92 Å². The molecule has 0 atom stereocenters. The first-order valence-corrected chi connectivity index (χ1v) is 8.88. The van der Waals surface area contributed by atoms with Crippen LogP contribution in [-0.4, -0.2) is 42.0 Å². The molecule has 1 aromatic heterocycles. The summed E-state index contributed by atoms with van der Waals surface area (Å²) in [5, 5.41) is 1.83. The third kappa shape index (κ3) is 3.10. The second-order valence-electron chi connectivity index (χ2n) is 6.50. The van der Waals surface area contributed by atoms with Crippen LogP contribution in [0.5, 0.6) is 0 Å². The second-order valence-corrected chi connectivity index (χ2v) is 6.91. The molecule has 1 aliphatic rings. The number of benzene rings is 2. The first-order valence-electron chi connectivity index (χ1n) is 8.50. The summed E-state index contributed by atoms with van der Waals surface area (Å²) in [5.74, 6) is 0.0626. The van der Waals surface area contributed by atoms with E-state index < -0.39 is 0 Å². The Morgan fingerprint density at radius 1 is 1.04 bits per heavy atom. The average Bonchev–Trinajstić information content (AvgIpc) is 3.05. The Hall–Kier alpha value is -2.46. The standard InChI is InChI=1S/C20H20ClN3O/c1-14-6-7-15-13-18(22-17(15)12-14)20(25)24-10-8-23(9-11-24)19-5-3-2-4-16(19)21/h2-7,12-13,22H,8-11H2,1H3. The second kappa shape index (κ2) is 6.45. The molecule has 1 N–H and O–H groups in total. The lowest BCUT2D eigenvalue weighted by Crippen LogP contribution is -2.49. The number of carbonyl (C=O) groups excluding carboxylic acids is 1. The molecule has 4 rings (SSSR count). The topological polar surface area (TPSA) is 39.3 Å². The van der Waals surface area contributed by atoms with Gasteiger partial charge in [0, 0.05) is 37.1 Å². The Morgan fingerprint density at radius 3 is 2.56 bits per heavy atom. The van der Waals surface area contributed by atoms with Crippen LogP contribution in [0.4, 0.5) is 5.69 Å². The first kappa shape index (κ1) is 16.0. The van der Waals surface area contributed by atoms with Gasteiger partial charge in [0.1, 0.15) is 5.69 Å². The molecule has 0 aliphatic carbocycles. The molecule has 2 aromatic carbocycles. The van der Waals surface area contributed by atoms with Gasteiger partial charge in [0.05, 0.1) is 10.7 Å². The number of aromatic nitrogens is 1. The summed E-state index contributed by atoms with van der Waals surface area (Å²) in [4.78, 5) is 20.2. The summed E-state index contributed by atoms with van der Waals surface area (Å²) in [6, 6.07) is 16.0. The van der Waals surface area contributed by atoms with Gasteiger partial charge in [-0.05, 0) is 36.8 Å². The van der Waals surface area contributed by atoms with Crippen LogP contribution in [-0.2, 0) is 0 Å². The number of hydrogen-bond acceptors (Lipinski definition) is 2. The van der Waals surface area contributed by atoms with Crippen LogP contribution in [0.15, 0.2) is 48.5 Å². The van der Waals surface area contributed by atoms with Crippen LogP contribution in [0.1, 0.15) is 16.1 Å². The highest BCUT2D eigenvalue weighted by atomic mass is 35.5. The van der Waals surface area contributed by atoms with Gasteiger partial charge in [0.2, 0.25) is 0 Å². The SMILES string of the molecule is Cc1ccc2cc(C(=O)N3CCN(c4ccccc4Cl)CC3)[nH]c2c1. The number of para-hydroxylation sites is 1. The molecular weight excluding hydrogens is 334 g/mol. The lowest BCUT2D eigenvalue weighted by molar-refractivity contribution is 0.0742. The molecule has 0 radical (unpaired) electrons. The molecule has 2 heterocycles. The monoisotopic (exact) mass is 353 g/mol. The molecule has 4 nitrogen and oxygen atoms in total. The number of rotatable bonds is 2. The molecule has 0 bridgehead atoms. The van der Waals surface area contributed by atoms with Crippen LogP contribution in [0.2, 0.25) is 5.02 Å². The smallest absolute Gasteiger partial charge is 0.270 e. The molecule has 0 saturated carbocycles. The Morgan fingerprint density at radius 2 is 1.80 bits per heavy atom. The number of aryl methyl sites for hydroxylation is 1. The van der Waals surface area contributed by atoms with Crippen molar-refractivity contribution < 1.29 is 4.79 Å². The Labute approximate surface area is 152 Å². The van der Waals surface area contributed by atoms with Crippen LogP contribution in [0.3, 0.4) is 0 Å². The van der Waals surface area contributed by atoms with E-state index in [1.165, 1.54) is 5.56 Å². The lowest BCUT2D eigenvalue weighted by Gasteiger charge is -2.36. The van der Waals surface area contributed by atoms with Crippen LogP contribution in [0, 0.1) is 6.92 Å². The van der Waals surface area contributed by atoms with Crippen molar-refractivity contribution in [1.82, 2.24) is 9.88 Å². The lowest BCUT2D eigenvalue weighted by atomic mass is 10.2. The molecular formula is C20H20ClN3O. The fourth-order valence-corrected chi connectivity index (χ4v) is 3.64.